The Morgan fingerprint density at radius 1 is 1.43 bits per heavy atom. The summed E-state index contributed by atoms with van der Waals surface area (Å²) in [4.78, 5) is 0. The van der Waals surface area contributed by atoms with E-state index in [2.05, 4.69) is 44.3 Å². The number of nitrogens with one attached hydrogen (secondary N) is 1. The lowest BCUT2D eigenvalue weighted by molar-refractivity contribution is -0.00475. The summed E-state index contributed by atoms with van der Waals surface area (Å²) in [5.41, 5.74) is 2.52. The smallest absolute Gasteiger partial charge is 0.123 e. The van der Waals surface area contributed by atoms with Gasteiger partial charge in [-0.25, -0.2) is 0 Å². The summed E-state index contributed by atoms with van der Waals surface area (Å²) < 4.78 is 11.3. The lowest BCUT2D eigenvalue weighted by atomic mass is 9.97. The van der Waals surface area contributed by atoms with Crippen molar-refractivity contribution in [2.24, 2.45) is 0 Å². The van der Waals surface area contributed by atoms with Crippen LogP contribution < -0.4 is 10.1 Å². The van der Waals surface area contributed by atoms with Gasteiger partial charge >= 0.3 is 0 Å². The standard InChI is InChI=1S/C18H29NO2/c1-5-6-16-12-15(9-10-21-16)19-14(3)17-11-13(2)7-8-18(17)20-4/h7-8,11,14-16,19H,5-6,9-10,12H2,1-4H3. The summed E-state index contributed by atoms with van der Waals surface area (Å²) >= 11 is 0. The van der Waals surface area contributed by atoms with Gasteiger partial charge < -0.3 is 14.8 Å². The molecule has 1 aliphatic heterocycles. The molecule has 3 atom stereocenters. The Labute approximate surface area is 129 Å². The van der Waals surface area contributed by atoms with Crippen LogP contribution in [0.25, 0.3) is 0 Å². The largest absolute Gasteiger partial charge is 0.496 e. The van der Waals surface area contributed by atoms with Gasteiger partial charge in [0.15, 0.2) is 0 Å². The van der Waals surface area contributed by atoms with Crippen molar-refractivity contribution in [1.29, 1.82) is 0 Å². The minimum absolute atomic E-state index is 0.297. The summed E-state index contributed by atoms with van der Waals surface area (Å²) in [5, 5.41) is 3.77. The van der Waals surface area contributed by atoms with Crippen LogP contribution in [-0.2, 0) is 4.74 Å². The Morgan fingerprint density at radius 2 is 2.24 bits per heavy atom. The van der Waals surface area contributed by atoms with Crippen molar-refractivity contribution in [3.8, 4) is 5.75 Å². The first-order chi connectivity index (χ1) is 10.1. The molecule has 0 amide bonds. The quantitative estimate of drug-likeness (QED) is 0.859. The van der Waals surface area contributed by atoms with E-state index in [1.807, 2.05) is 0 Å². The van der Waals surface area contributed by atoms with Crippen molar-refractivity contribution in [3.63, 3.8) is 0 Å². The third-order valence-electron chi connectivity index (χ3n) is 4.32. The molecular formula is C18H29NO2. The van der Waals surface area contributed by atoms with Gasteiger partial charge in [0.05, 0.1) is 13.2 Å². The van der Waals surface area contributed by atoms with Crippen molar-refractivity contribution in [2.45, 2.75) is 64.6 Å². The van der Waals surface area contributed by atoms with Crippen molar-refractivity contribution in [2.75, 3.05) is 13.7 Å². The van der Waals surface area contributed by atoms with E-state index in [0.29, 0.717) is 18.2 Å². The van der Waals surface area contributed by atoms with E-state index in [0.717, 1.165) is 25.2 Å². The van der Waals surface area contributed by atoms with E-state index in [9.17, 15) is 0 Å². The predicted molar refractivity (Wildman–Crippen MR) is 87.0 cm³/mol. The molecule has 0 spiro atoms. The molecule has 3 nitrogen and oxygen atoms in total. The van der Waals surface area contributed by atoms with Gasteiger partial charge in [-0.15, -0.1) is 0 Å². The molecule has 3 unspecified atom stereocenters. The van der Waals surface area contributed by atoms with E-state index in [4.69, 9.17) is 9.47 Å². The average molecular weight is 291 g/mol. The summed E-state index contributed by atoms with van der Waals surface area (Å²) in [7, 11) is 1.74. The lowest BCUT2D eigenvalue weighted by Crippen LogP contribution is -2.40. The summed E-state index contributed by atoms with van der Waals surface area (Å²) in [6, 6.07) is 7.22. The minimum Gasteiger partial charge on any atom is -0.496 e. The minimum atomic E-state index is 0.297. The highest BCUT2D eigenvalue weighted by Crippen LogP contribution is 2.28. The van der Waals surface area contributed by atoms with E-state index >= 15 is 0 Å². The Balaban J connectivity index is 2.00. The van der Waals surface area contributed by atoms with Gasteiger partial charge in [-0.1, -0.05) is 31.0 Å². The zero-order chi connectivity index (χ0) is 15.2. The number of hydrogen-bond donors (Lipinski definition) is 1. The molecule has 3 heteroatoms. The highest BCUT2D eigenvalue weighted by molar-refractivity contribution is 5.38. The van der Waals surface area contributed by atoms with E-state index in [1.165, 1.54) is 24.0 Å². The second kappa shape index (κ2) is 7.81. The molecule has 1 N–H and O–H groups in total. The predicted octanol–water partition coefficient (Wildman–Crippen LogP) is 4.00. The van der Waals surface area contributed by atoms with Crippen molar-refractivity contribution < 1.29 is 9.47 Å². The van der Waals surface area contributed by atoms with Gasteiger partial charge in [0.1, 0.15) is 5.75 Å². The first-order valence-electron chi connectivity index (χ1n) is 8.16. The highest BCUT2D eigenvalue weighted by atomic mass is 16.5. The Kier molecular flexibility index (Phi) is 6.07. The Hall–Kier alpha value is -1.06. The molecule has 21 heavy (non-hydrogen) atoms. The molecule has 118 valence electrons. The molecule has 0 saturated carbocycles. The molecule has 0 aromatic heterocycles. The van der Waals surface area contributed by atoms with Gasteiger partial charge in [-0.3, -0.25) is 0 Å². The van der Waals surface area contributed by atoms with Gasteiger partial charge in [-0.2, -0.15) is 0 Å². The van der Waals surface area contributed by atoms with Crippen molar-refractivity contribution in [3.05, 3.63) is 29.3 Å². The second-order valence-corrected chi connectivity index (χ2v) is 6.14. The van der Waals surface area contributed by atoms with Crippen molar-refractivity contribution >= 4 is 0 Å². The molecule has 1 saturated heterocycles. The molecule has 0 radical (unpaired) electrons. The SMILES string of the molecule is CCCC1CC(NC(C)c2cc(C)ccc2OC)CCO1. The summed E-state index contributed by atoms with van der Waals surface area (Å²) in [6.45, 7) is 7.45. The summed E-state index contributed by atoms with van der Waals surface area (Å²) in [6.07, 6.45) is 5.00. The lowest BCUT2D eigenvalue weighted by Gasteiger charge is -2.32. The third-order valence-corrected chi connectivity index (χ3v) is 4.32. The van der Waals surface area contributed by atoms with Crippen LogP contribution in [0.2, 0.25) is 0 Å². The maximum absolute atomic E-state index is 5.84. The van der Waals surface area contributed by atoms with Crippen LogP contribution in [-0.4, -0.2) is 25.9 Å². The second-order valence-electron chi connectivity index (χ2n) is 6.14. The zero-order valence-electron chi connectivity index (χ0n) is 13.8. The molecule has 0 aliphatic carbocycles. The molecule has 1 aliphatic rings. The first kappa shape index (κ1) is 16.3. The van der Waals surface area contributed by atoms with Gasteiger partial charge in [0.2, 0.25) is 0 Å². The fourth-order valence-corrected chi connectivity index (χ4v) is 3.19. The molecular weight excluding hydrogens is 262 g/mol. The topological polar surface area (TPSA) is 30.5 Å². The monoisotopic (exact) mass is 291 g/mol. The Morgan fingerprint density at radius 3 is 2.95 bits per heavy atom. The molecule has 1 heterocycles. The molecule has 2 rings (SSSR count). The summed E-state index contributed by atoms with van der Waals surface area (Å²) in [5.74, 6) is 0.970. The van der Waals surface area contributed by atoms with Crippen LogP contribution in [0.3, 0.4) is 0 Å². The molecule has 1 fully saturated rings. The van der Waals surface area contributed by atoms with Crippen LogP contribution in [0.15, 0.2) is 18.2 Å². The number of rotatable bonds is 6. The molecule has 1 aromatic rings. The van der Waals surface area contributed by atoms with Gasteiger partial charge in [-0.05, 0) is 39.2 Å². The van der Waals surface area contributed by atoms with Gasteiger partial charge in [0.25, 0.3) is 0 Å². The van der Waals surface area contributed by atoms with E-state index < -0.39 is 0 Å². The maximum Gasteiger partial charge on any atom is 0.123 e. The first-order valence-corrected chi connectivity index (χ1v) is 8.16. The molecule has 1 aromatic carbocycles. The normalized spacial score (nSPS) is 23.8. The highest BCUT2D eigenvalue weighted by Gasteiger charge is 2.24. The number of benzene rings is 1. The van der Waals surface area contributed by atoms with Crippen molar-refractivity contribution in [1.82, 2.24) is 5.32 Å². The maximum atomic E-state index is 5.84. The number of methoxy groups -OCH3 is 1. The molecule has 0 bridgehead atoms. The van der Waals surface area contributed by atoms with Crippen LogP contribution >= 0.6 is 0 Å². The third kappa shape index (κ3) is 4.45. The Bertz CT molecular complexity index is 445. The van der Waals surface area contributed by atoms with Crippen LogP contribution in [0.5, 0.6) is 5.75 Å². The van der Waals surface area contributed by atoms with E-state index in [1.54, 1.807) is 7.11 Å². The van der Waals surface area contributed by atoms with Crippen LogP contribution in [0.4, 0.5) is 0 Å². The average Bonchev–Trinajstić information content (AvgIpc) is 2.48. The number of ether oxygens (including phenoxy) is 2. The van der Waals surface area contributed by atoms with E-state index in [-0.39, 0.29) is 0 Å². The zero-order valence-corrected chi connectivity index (χ0v) is 13.8. The fourth-order valence-electron chi connectivity index (χ4n) is 3.19. The van der Waals surface area contributed by atoms with Crippen LogP contribution in [0, 0.1) is 6.92 Å². The fraction of sp³-hybridized carbons (Fsp3) is 0.667. The number of hydrogen-bond acceptors (Lipinski definition) is 3. The van der Waals surface area contributed by atoms with Gasteiger partial charge in [0, 0.05) is 24.3 Å². The number of aryl methyl sites for hydroxylation is 1. The van der Waals surface area contributed by atoms with Crippen LogP contribution in [0.1, 0.15) is 56.7 Å².